The Labute approximate surface area is 148 Å². The van der Waals surface area contributed by atoms with Gasteiger partial charge >= 0.3 is 0 Å². The number of nitrogens with zero attached hydrogens (tertiary/aromatic N) is 1. The highest BCUT2D eigenvalue weighted by atomic mass is 35.5. The summed E-state index contributed by atoms with van der Waals surface area (Å²) in [5, 5.41) is 2.14. The van der Waals surface area contributed by atoms with Gasteiger partial charge in [0.05, 0.1) is 20.8 Å². The molecular formula is C16H10Cl4N2. The molecule has 0 saturated carbocycles. The molecule has 2 nitrogen and oxygen atoms in total. The van der Waals surface area contributed by atoms with Gasteiger partial charge < -0.3 is 4.98 Å². The second-order valence-electron chi connectivity index (χ2n) is 4.81. The number of imidazole rings is 1. The standard InChI is InChI=1S/C16H10Cl4N2/c1-8-15(9-2-5-12(18)14(20)6-9)22-16(21-8)11-4-3-10(17)7-13(11)19/h2-7H,1H3,(H,21,22). The van der Waals surface area contributed by atoms with E-state index in [1.807, 2.05) is 19.1 Å². The molecule has 0 atom stereocenters. The van der Waals surface area contributed by atoms with Crippen molar-refractivity contribution in [3.8, 4) is 22.6 Å². The fourth-order valence-corrected chi connectivity index (χ4v) is 2.99. The highest BCUT2D eigenvalue weighted by Crippen LogP contribution is 2.33. The number of nitrogens with one attached hydrogen (secondary N) is 1. The van der Waals surface area contributed by atoms with Crippen LogP contribution in [-0.2, 0) is 0 Å². The molecule has 1 heterocycles. The SMILES string of the molecule is Cc1[nH]c(-c2ccc(Cl)cc2Cl)nc1-c1ccc(Cl)c(Cl)c1. The van der Waals surface area contributed by atoms with Gasteiger partial charge in [-0.1, -0.05) is 52.5 Å². The molecule has 0 aliphatic rings. The molecular weight excluding hydrogens is 362 g/mol. The molecule has 0 spiro atoms. The molecule has 1 N–H and O–H groups in total. The average molecular weight is 372 g/mol. The Morgan fingerprint density at radius 3 is 2.32 bits per heavy atom. The van der Waals surface area contributed by atoms with Gasteiger partial charge in [0.15, 0.2) is 0 Å². The summed E-state index contributed by atoms with van der Waals surface area (Å²) in [7, 11) is 0. The third-order valence-electron chi connectivity index (χ3n) is 3.26. The highest BCUT2D eigenvalue weighted by molar-refractivity contribution is 6.42. The molecule has 6 heteroatoms. The van der Waals surface area contributed by atoms with Crippen LogP contribution in [0.3, 0.4) is 0 Å². The van der Waals surface area contributed by atoms with Crippen LogP contribution in [0.5, 0.6) is 0 Å². The fourth-order valence-electron chi connectivity index (χ4n) is 2.19. The van der Waals surface area contributed by atoms with Gasteiger partial charge in [0, 0.05) is 21.8 Å². The molecule has 0 fully saturated rings. The lowest BCUT2D eigenvalue weighted by Gasteiger charge is -2.01. The van der Waals surface area contributed by atoms with E-state index in [0.717, 1.165) is 22.5 Å². The Kier molecular flexibility index (Phi) is 4.37. The van der Waals surface area contributed by atoms with E-state index >= 15 is 0 Å². The lowest BCUT2D eigenvalue weighted by atomic mass is 10.1. The molecule has 22 heavy (non-hydrogen) atoms. The van der Waals surface area contributed by atoms with Gasteiger partial charge in [0.25, 0.3) is 0 Å². The number of hydrogen-bond donors (Lipinski definition) is 1. The smallest absolute Gasteiger partial charge is 0.139 e. The van der Waals surface area contributed by atoms with Crippen molar-refractivity contribution in [1.29, 1.82) is 0 Å². The Morgan fingerprint density at radius 2 is 1.64 bits per heavy atom. The number of H-pyrrole nitrogens is 1. The van der Waals surface area contributed by atoms with E-state index in [9.17, 15) is 0 Å². The zero-order valence-electron chi connectivity index (χ0n) is 11.4. The minimum atomic E-state index is 0.493. The predicted molar refractivity (Wildman–Crippen MR) is 94.2 cm³/mol. The monoisotopic (exact) mass is 370 g/mol. The molecule has 0 bridgehead atoms. The highest BCUT2D eigenvalue weighted by Gasteiger charge is 2.14. The van der Waals surface area contributed by atoms with Crippen molar-refractivity contribution < 1.29 is 0 Å². The normalized spacial score (nSPS) is 11.0. The maximum atomic E-state index is 6.23. The van der Waals surface area contributed by atoms with Crippen molar-refractivity contribution in [2.75, 3.05) is 0 Å². The van der Waals surface area contributed by atoms with Gasteiger partial charge in [0.1, 0.15) is 5.82 Å². The first kappa shape index (κ1) is 15.7. The Morgan fingerprint density at radius 1 is 0.864 bits per heavy atom. The fraction of sp³-hybridized carbons (Fsp3) is 0.0625. The minimum absolute atomic E-state index is 0.493. The van der Waals surface area contributed by atoms with E-state index in [2.05, 4.69) is 9.97 Å². The molecule has 0 unspecified atom stereocenters. The topological polar surface area (TPSA) is 28.7 Å². The zero-order valence-corrected chi connectivity index (χ0v) is 14.4. The maximum absolute atomic E-state index is 6.23. The molecule has 0 radical (unpaired) electrons. The zero-order chi connectivity index (χ0) is 15.9. The molecule has 1 aromatic heterocycles. The molecule has 0 amide bonds. The van der Waals surface area contributed by atoms with Crippen molar-refractivity contribution >= 4 is 46.4 Å². The predicted octanol–water partition coefficient (Wildman–Crippen LogP) is 6.67. The summed E-state index contributed by atoms with van der Waals surface area (Å²) < 4.78 is 0. The second kappa shape index (κ2) is 6.13. The minimum Gasteiger partial charge on any atom is -0.341 e. The van der Waals surface area contributed by atoms with Crippen LogP contribution in [0.25, 0.3) is 22.6 Å². The van der Waals surface area contributed by atoms with Gasteiger partial charge in [-0.2, -0.15) is 0 Å². The first-order valence-corrected chi connectivity index (χ1v) is 7.94. The van der Waals surface area contributed by atoms with Crippen LogP contribution >= 0.6 is 46.4 Å². The molecule has 3 rings (SSSR count). The molecule has 0 aliphatic heterocycles. The Bertz CT molecular complexity index is 855. The van der Waals surface area contributed by atoms with Crippen molar-refractivity contribution in [2.24, 2.45) is 0 Å². The van der Waals surface area contributed by atoms with Crippen LogP contribution < -0.4 is 0 Å². The number of aromatic amines is 1. The number of halogens is 4. The summed E-state index contributed by atoms with van der Waals surface area (Å²) in [5.41, 5.74) is 3.40. The summed E-state index contributed by atoms with van der Waals surface area (Å²) >= 11 is 24.2. The summed E-state index contributed by atoms with van der Waals surface area (Å²) in [6.07, 6.45) is 0. The number of rotatable bonds is 2. The van der Waals surface area contributed by atoms with Gasteiger partial charge in [-0.25, -0.2) is 4.98 Å². The Balaban J connectivity index is 2.09. The molecule has 0 aliphatic carbocycles. The first-order valence-electron chi connectivity index (χ1n) is 6.43. The quantitative estimate of drug-likeness (QED) is 0.535. The lowest BCUT2D eigenvalue weighted by molar-refractivity contribution is 1.26. The van der Waals surface area contributed by atoms with Crippen LogP contribution in [0.4, 0.5) is 0 Å². The third-order valence-corrected chi connectivity index (χ3v) is 4.55. The van der Waals surface area contributed by atoms with Crippen LogP contribution in [0.1, 0.15) is 5.69 Å². The maximum Gasteiger partial charge on any atom is 0.139 e. The Hall–Kier alpha value is -1.19. The second-order valence-corrected chi connectivity index (χ2v) is 6.47. The first-order chi connectivity index (χ1) is 10.5. The summed E-state index contributed by atoms with van der Waals surface area (Å²) in [4.78, 5) is 7.87. The van der Waals surface area contributed by atoms with Crippen molar-refractivity contribution in [2.45, 2.75) is 6.92 Å². The molecule has 0 saturated heterocycles. The number of aryl methyl sites for hydroxylation is 1. The number of benzene rings is 2. The van der Waals surface area contributed by atoms with E-state index in [0.29, 0.717) is 25.9 Å². The summed E-state index contributed by atoms with van der Waals surface area (Å²) in [6, 6.07) is 10.7. The van der Waals surface area contributed by atoms with Gasteiger partial charge in [-0.3, -0.25) is 0 Å². The van der Waals surface area contributed by atoms with E-state index in [4.69, 9.17) is 46.4 Å². The largest absolute Gasteiger partial charge is 0.341 e. The molecule has 112 valence electrons. The van der Waals surface area contributed by atoms with Gasteiger partial charge in [-0.05, 0) is 37.3 Å². The summed E-state index contributed by atoms with van der Waals surface area (Å²) in [6.45, 7) is 1.94. The van der Waals surface area contributed by atoms with Crippen molar-refractivity contribution in [1.82, 2.24) is 9.97 Å². The number of aromatic nitrogens is 2. The van der Waals surface area contributed by atoms with Crippen LogP contribution in [0, 0.1) is 6.92 Å². The van der Waals surface area contributed by atoms with Crippen molar-refractivity contribution in [3.63, 3.8) is 0 Å². The van der Waals surface area contributed by atoms with E-state index < -0.39 is 0 Å². The lowest BCUT2D eigenvalue weighted by Crippen LogP contribution is -1.83. The molecule has 2 aromatic carbocycles. The van der Waals surface area contributed by atoms with Gasteiger partial charge in [0.2, 0.25) is 0 Å². The van der Waals surface area contributed by atoms with E-state index in [1.54, 1.807) is 24.3 Å². The van der Waals surface area contributed by atoms with Crippen LogP contribution in [-0.4, -0.2) is 9.97 Å². The molecule has 3 aromatic rings. The van der Waals surface area contributed by atoms with Crippen molar-refractivity contribution in [3.05, 3.63) is 62.2 Å². The van der Waals surface area contributed by atoms with Crippen LogP contribution in [0.2, 0.25) is 20.1 Å². The summed E-state index contributed by atoms with van der Waals surface area (Å²) in [5.74, 6) is 0.681. The average Bonchev–Trinajstić information content (AvgIpc) is 2.83. The van der Waals surface area contributed by atoms with E-state index in [-0.39, 0.29) is 0 Å². The van der Waals surface area contributed by atoms with E-state index in [1.165, 1.54) is 0 Å². The van der Waals surface area contributed by atoms with Gasteiger partial charge in [-0.15, -0.1) is 0 Å². The number of hydrogen-bond acceptors (Lipinski definition) is 1. The van der Waals surface area contributed by atoms with Crippen LogP contribution in [0.15, 0.2) is 36.4 Å². The third kappa shape index (κ3) is 2.97.